The minimum Gasteiger partial charge on any atom is -0.463 e. The number of ketones is 1. The number of rotatable bonds is 7. The SMILES string of the molecule is [2H]C([2H])(C#C)Oc1cnc(C(=O)Cc2cc(F)c(F)c([C@@]3(C)N=C(N)S[C@@]4(C(F)F)C[C@@H]34)c2)cn1. The summed E-state index contributed by atoms with van der Waals surface area (Å²) in [5.74, 6) is -2.37. The first-order valence-corrected chi connectivity index (χ1v) is 10.5. The number of benzene rings is 1. The highest BCUT2D eigenvalue weighted by molar-refractivity contribution is 8.15. The summed E-state index contributed by atoms with van der Waals surface area (Å²) >= 11 is 0.743. The minimum absolute atomic E-state index is 0.0296. The quantitative estimate of drug-likeness (QED) is 0.371. The molecule has 11 heteroatoms. The molecular formula is C22H18F4N4O2S. The van der Waals surface area contributed by atoms with Crippen molar-refractivity contribution in [3.8, 4) is 18.2 Å². The fourth-order valence-electron chi connectivity index (χ4n) is 4.09. The summed E-state index contributed by atoms with van der Waals surface area (Å²) in [4.78, 5) is 24.5. The summed E-state index contributed by atoms with van der Waals surface area (Å²) in [6, 6.07) is 2.06. The van der Waals surface area contributed by atoms with Crippen LogP contribution in [-0.4, -0.2) is 38.7 Å². The van der Waals surface area contributed by atoms with Crippen LogP contribution in [0.15, 0.2) is 29.5 Å². The topological polar surface area (TPSA) is 90.5 Å². The first-order valence-electron chi connectivity index (χ1n) is 10.6. The van der Waals surface area contributed by atoms with E-state index in [9.17, 15) is 22.4 Å². The number of amidine groups is 1. The predicted molar refractivity (Wildman–Crippen MR) is 114 cm³/mol. The van der Waals surface area contributed by atoms with Gasteiger partial charge in [0.25, 0.3) is 6.43 Å². The first-order chi connectivity index (χ1) is 16.3. The van der Waals surface area contributed by atoms with Crippen molar-refractivity contribution in [2.24, 2.45) is 16.6 Å². The van der Waals surface area contributed by atoms with Crippen molar-refractivity contribution in [2.75, 3.05) is 6.56 Å². The molecule has 2 aliphatic rings. The molecule has 172 valence electrons. The number of hydrogen-bond acceptors (Lipinski definition) is 7. The Morgan fingerprint density at radius 3 is 2.82 bits per heavy atom. The normalized spacial score (nSPS) is 27.1. The molecule has 0 amide bonds. The molecule has 2 aromatic rings. The monoisotopic (exact) mass is 480 g/mol. The molecule has 1 aliphatic heterocycles. The maximum Gasteiger partial charge on any atom is 0.253 e. The Bertz CT molecular complexity index is 1270. The lowest BCUT2D eigenvalue weighted by Crippen LogP contribution is -2.39. The van der Waals surface area contributed by atoms with E-state index in [0.717, 1.165) is 30.2 Å². The van der Waals surface area contributed by atoms with Crippen molar-refractivity contribution in [3.63, 3.8) is 0 Å². The van der Waals surface area contributed by atoms with Crippen LogP contribution in [0.3, 0.4) is 0 Å². The molecule has 1 aliphatic carbocycles. The zero-order valence-electron chi connectivity index (χ0n) is 19.1. The van der Waals surface area contributed by atoms with E-state index in [2.05, 4.69) is 15.0 Å². The third kappa shape index (κ3) is 4.04. The molecule has 0 unspecified atom stereocenters. The fraction of sp³-hybridized carbons (Fsp3) is 0.364. The zero-order chi connectivity index (χ0) is 25.8. The highest BCUT2D eigenvalue weighted by Gasteiger charge is 2.71. The molecule has 6 nitrogen and oxygen atoms in total. The fourth-order valence-corrected chi connectivity index (χ4v) is 5.43. The Balaban J connectivity index is 1.60. The Labute approximate surface area is 193 Å². The maximum atomic E-state index is 14.9. The van der Waals surface area contributed by atoms with E-state index in [4.69, 9.17) is 19.6 Å². The van der Waals surface area contributed by atoms with Gasteiger partial charge in [-0.15, -0.1) is 6.42 Å². The van der Waals surface area contributed by atoms with Gasteiger partial charge in [-0.3, -0.25) is 9.79 Å². The number of Topliss-reactive ketones (excluding diaryl/α,β-unsaturated/α-hetero) is 1. The summed E-state index contributed by atoms with van der Waals surface area (Å²) in [6.07, 6.45) is 3.91. The van der Waals surface area contributed by atoms with Crippen LogP contribution >= 0.6 is 11.8 Å². The van der Waals surface area contributed by atoms with Gasteiger partial charge < -0.3 is 10.5 Å². The van der Waals surface area contributed by atoms with Gasteiger partial charge >= 0.3 is 0 Å². The Morgan fingerprint density at radius 2 is 2.18 bits per heavy atom. The number of nitrogens with zero attached hydrogens (tertiary/aromatic N) is 3. The van der Waals surface area contributed by atoms with Crippen molar-refractivity contribution < 1.29 is 29.8 Å². The lowest BCUT2D eigenvalue weighted by Gasteiger charge is -2.34. The van der Waals surface area contributed by atoms with Crippen LogP contribution in [0.1, 0.15) is 37.7 Å². The predicted octanol–water partition coefficient (Wildman–Crippen LogP) is 3.49. The van der Waals surface area contributed by atoms with Crippen molar-refractivity contribution in [1.29, 1.82) is 0 Å². The average molecular weight is 480 g/mol. The van der Waals surface area contributed by atoms with Gasteiger partial charge in [-0.1, -0.05) is 17.7 Å². The molecule has 3 atom stereocenters. The number of alkyl halides is 2. The van der Waals surface area contributed by atoms with Gasteiger partial charge in [-0.05, 0) is 31.0 Å². The van der Waals surface area contributed by atoms with Crippen LogP contribution in [-0.2, 0) is 12.0 Å². The molecule has 4 rings (SSSR count). The van der Waals surface area contributed by atoms with E-state index in [-0.39, 0.29) is 34.3 Å². The smallest absolute Gasteiger partial charge is 0.253 e. The Morgan fingerprint density at radius 1 is 1.42 bits per heavy atom. The van der Waals surface area contributed by atoms with E-state index in [1.165, 1.54) is 13.0 Å². The van der Waals surface area contributed by atoms with Crippen molar-refractivity contribution in [2.45, 2.75) is 36.5 Å². The van der Waals surface area contributed by atoms with Gasteiger partial charge in [-0.2, -0.15) is 0 Å². The van der Waals surface area contributed by atoms with E-state index in [1.807, 2.05) is 0 Å². The Hall–Kier alpha value is -3.13. The van der Waals surface area contributed by atoms with Crippen LogP contribution in [0.25, 0.3) is 0 Å². The number of aliphatic imine (C=N–C) groups is 1. The van der Waals surface area contributed by atoms with Gasteiger partial charge in [0.2, 0.25) is 5.88 Å². The summed E-state index contributed by atoms with van der Waals surface area (Å²) in [5, 5.41) is -0.144. The molecular weight excluding hydrogens is 460 g/mol. The molecule has 0 spiro atoms. The number of terminal acetylenes is 1. The maximum absolute atomic E-state index is 14.9. The summed E-state index contributed by atoms with van der Waals surface area (Å²) < 4.78 is 74.9. The lowest BCUT2D eigenvalue weighted by molar-refractivity contribution is 0.0987. The number of fused-ring (bicyclic) bond motifs is 1. The standard InChI is InChI=1S/C22H18F4N4O2S/c1-3-4-32-17-10-28-14(9-29-17)15(31)7-11-5-12(18(24)13(23)6-11)21(2)16-8-22(16,19(25)26)33-20(27)30-21/h1,5-6,9-10,16,19H,4,7-8H2,2H3,(H2,27,30)/t16-,21+,22-/m0/s1/i4D2. The second-order valence-electron chi connectivity index (χ2n) is 7.84. The highest BCUT2D eigenvalue weighted by atomic mass is 32.2. The van der Waals surface area contributed by atoms with E-state index >= 15 is 0 Å². The molecule has 1 aromatic carbocycles. The van der Waals surface area contributed by atoms with Gasteiger partial charge in [0.05, 0.1) is 25.4 Å². The number of thioether (sulfide) groups is 1. The third-order valence-electron chi connectivity index (χ3n) is 5.76. The van der Waals surface area contributed by atoms with Gasteiger partial charge in [-0.25, -0.2) is 27.5 Å². The second kappa shape index (κ2) is 8.33. The van der Waals surface area contributed by atoms with Gasteiger partial charge in [0, 0.05) is 17.9 Å². The second-order valence-corrected chi connectivity index (χ2v) is 9.22. The zero-order valence-corrected chi connectivity index (χ0v) is 17.9. The van der Waals surface area contributed by atoms with Gasteiger partial charge in [0.15, 0.2) is 29.1 Å². The van der Waals surface area contributed by atoms with Crippen LogP contribution in [0.5, 0.6) is 5.88 Å². The number of ether oxygens (including phenoxy) is 1. The average Bonchev–Trinajstić information content (AvgIpc) is 3.53. The van der Waals surface area contributed by atoms with Gasteiger partial charge in [0.1, 0.15) is 5.69 Å². The molecule has 0 saturated heterocycles. The van der Waals surface area contributed by atoms with Crippen molar-refractivity contribution >= 4 is 22.7 Å². The molecule has 1 saturated carbocycles. The highest BCUT2D eigenvalue weighted by Crippen LogP contribution is 2.68. The first kappa shape index (κ1) is 20.5. The van der Waals surface area contributed by atoms with Crippen LogP contribution in [0.2, 0.25) is 0 Å². The number of nitrogens with two attached hydrogens (primary N) is 1. The number of aromatic nitrogens is 2. The molecule has 1 aromatic heterocycles. The molecule has 2 heterocycles. The molecule has 0 bridgehead atoms. The molecule has 2 N–H and O–H groups in total. The largest absolute Gasteiger partial charge is 0.463 e. The van der Waals surface area contributed by atoms with Crippen molar-refractivity contribution in [3.05, 3.63) is 53.0 Å². The lowest BCUT2D eigenvalue weighted by atomic mass is 9.84. The van der Waals surface area contributed by atoms with E-state index < -0.39 is 53.0 Å². The number of carbonyl (C=O) groups excluding carboxylic acids is 1. The minimum atomic E-state index is -2.73. The van der Waals surface area contributed by atoms with Crippen molar-refractivity contribution in [1.82, 2.24) is 9.97 Å². The number of carbonyl (C=O) groups is 1. The van der Waals surface area contributed by atoms with E-state index in [0.29, 0.717) is 0 Å². The third-order valence-corrected chi connectivity index (χ3v) is 7.07. The van der Waals surface area contributed by atoms with Crippen LogP contribution in [0.4, 0.5) is 17.6 Å². The van der Waals surface area contributed by atoms with Crippen LogP contribution in [0, 0.1) is 29.9 Å². The Kier molecular flexibility index (Phi) is 5.17. The summed E-state index contributed by atoms with van der Waals surface area (Å²) in [5.41, 5.74) is 3.91. The number of halogens is 4. The summed E-state index contributed by atoms with van der Waals surface area (Å²) in [7, 11) is 0. The van der Waals surface area contributed by atoms with E-state index in [1.54, 1.807) is 5.92 Å². The molecule has 1 fully saturated rings. The summed E-state index contributed by atoms with van der Waals surface area (Å²) in [6.45, 7) is -0.998. The number of hydrogen-bond donors (Lipinski definition) is 1. The van der Waals surface area contributed by atoms with Crippen LogP contribution < -0.4 is 10.5 Å². The molecule has 33 heavy (non-hydrogen) atoms. The molecule has 0 radical (unpaired) electrons.